The molecule has 0 spiro atoms. The molecule has 1 aromatic heterocycles. The highest BCUT2D eigenvalue weighted by Gasteiger charge is 2.29. The van der Waals surface area contributed by atoms with Crippen molar-refractivity contribution in [1.82, 2.24) is 5.16 Å². The normalized spacial score (nSPS) is 11.4. The maximum Gasteiger partial charge on any atom is 0.264 e. The van der Waals surface area contributed by atoms with E-state index in [4.69, 9.17) is 9.26 Å². The van der Waals surface area contributed by atoms with Gasteiger partial charge in [0, 0.05) is 5.56 Å². The number of methoxy groups -OCH3 is 1. The third-order valence-corrected chi connectivity index (χ3v) is 6.01. The Morgan fingerprint density at radius 1 is 1.11 bits per heavy atom. The molecule has 27 heavy (non-hydrogen) atoms. The third kappa shape index (κ3) is 3.66. The van der Waals surface area contributed by atoms with Crippen LogP contribution in [-0.2, 0) is 16.6 Å². The van der Waals surface area contributed by atoms with Crippen molar-refractivity contribution in [2.24, 2.45) is 0 Å². The zero-order valence-corrected chi connectivity index (χ0v) is 16.0. The molecule has 3 rings (SSSR count). The number of para-hydroxylation sites is 2. The van der Waals surface area contributed by atoms with Gasteiger partial charge in [0.05, 0.1) is 29.9 Å². The van der Waals surface area contributed by atoms with Crippen molar-refractivity contribution in [3.8, 4) is 5.75 Å². The predicted molar refractivity (Wildman–Crippen MR) is 98.7 cm³/mol. The lowest BCUT2D eigenvalue weighted by molar-refractivity contribution is 0.392. The number of rotatable bonds is 6. The molecule has 0 fully saturated rings. The highest BCUT2D eigenvalue weighted by atomic mass is 32.2. The van der Waals surface area contributed by atoms with Crippen LogP contribution < -0.4 is 9.04 Å². The van der Waals surface area contributed by atoms with Gasteiger partial charge < -0.3 is 9.26 Å². The molecule has 6 nitrogen and oxygen atoms in total. The topological polar surface area (TPSA) is 72.6 Å². The number of hydrogen-bond donors (Lipinski definition) is 0. The maximum absolute atomic E-state index is 13.4. The molecule has 3 aromatic rings. The molecule has 0 aliphatic heterocycles. The van der Waals surface area contributed by atoms with E-state index in [1.807, 2.05) is 0 Å². The second-order valence-corrected chi connectivity index (χ2v) is 7.80. The smallest absolute Gasteiger partial charge is 0.264 e. The fourth-order valence-corrected chi connectivity index (χ4v) is 4.18. The summed E-state index contributed by atoms with van der Waals surface area (Å²) >= 11 is 0. The van der Waals surface area contributed by atoms with Gasteiger partial charge in [-0.05, 0) is 50.2 Å². The second kappa shape index (κ2) is 7.40. The number of aryl methyl sites for hydroxylation is 2. The van der Waals surface area contributed by atoms with E-state index in [1.165, 1.54) is 23.5 Å². The van der Waals surface area contributed by atoms with Crippen LogP contribution in [0.25, 0.3) is 0 Å². The summed E-state index contributed by atoms with van der Waals surface area (Å²) in [5, 5.41) is 3.89. The summed E-state index contributed by atoms with van der Waals surface area (Å²) in [5.41, 5.74) is 1.62. The van der Waals surface area contributed by atoms with Crippen molar-refractivity contribution in [3.05, 3.63) is 71.4 Å². The first-order valence-corrected chi connectivity index (χ1v) is 9.61. The Morgan fingerprint density at radius 3 is 2.37 bits per heavy atom. The SMILES string of the molecule is COc1ccccc1N(Cc1c(C)noc1C)S(=O)(=O)c1ccc(F)cc1. The van der Waals surface area contributed by atoms with E-state index in [9.17, 15) is 12.8 Å². The quantitative estimate of drug-likeness (QED) is 0.640. The molecule has 0 N–H and O–H groups in total. The summed E-state index contributed by atoms with van der Waals surface area (Å²) in [5.74, 6) is 0.417. The van der Waals surface area contributed by atoms with Crippen molar-refractivity contribution < 1.29 is 22.1 Å². The van der Waals surface area contributed by atoms with Gasteiger partial charge >= 0.3 is 0 Å². The first kappa shape index (κ1) is 18.9. The Bertz CT molecular complexity index is 1030. The van der Waals surface area contributed by atoms with E-state index in [-0.39, 0.29) is 11.4 Å². The van der Waals surface area contributed by atoms with Gasteiger partial charge in [0.2, 0.25) is 0 Å². The summed E-state index contributed by atoms with van der Waals surface area (Å²) in [6.07, 6.45) is 0. The number of halogens is 1. The molecular formula is C19H19FN2O4S. The van der Waals surface area contributed by atoms with Gasteiger partial charge in [0.1, 0.15) is 17.3 Å². The molecule has 2 aromatic carbocycles. The first-order valence-electron chi connectivity index (χ1n) is 8.17. The van der Waals surface area contributed by atoms with E-state index in [0.29, 0.717) is 28.5 Å². The van der Waals surface area contributed by atoms with Gasteiger partial charge in [-0.2, -0.15) is 0 Å². The maximum atomic E-state index is 13.4. The number of nitrogens with zero attached hydrogens (tertiary/aromatic N) is 2. The highest BCUT2D eigenvalue weighted by Crippen LogP contribution is 2.34. The van der Waals surface area contributed by atoms with Crippen LogP contribution in [0.5, 0.6) is 5.75 Å². The second-order valence-electron chi connectivity index (χ2n) is 5.94. The summed E-state index contributed by atoms with van der Waals surface area (Å²) in [6, 6.07) is 11.5. The molecule has 0 unspecified atom stereocenters. The van der Waals surface area contributed by atoms with Crippen molar-refractivity contribution >= 4 is 15.7 Å². The largest absolute Gasteiger partial charge is 0.495 e. The Labute approximate surface area is 157 Å². The molecule has 0 aliphatic rings. The molecule has 0 atom stereocenters. The molecule has 142 valence electrons. The minimum absolute atomic E-state index is 0.00124. The van der Waals surface area contributed by atoms with Crippen LogP contribution in [0.1, 0.15) is 17.0 Å². The molecule has 0 aliphatic carbocycles. The van der Waals surface area contributed by atoms with Crippen molar-refractivity contribution in [2.75, 3.05) is 11.4 Å². The molecule has 0 saturated heterocycles. The summed E-state index contributed by atoms with van der Waals surface area (Å²) < 4.78 is 51.7. The number of hydrogen-bond acceptors (Lipinski definition) is 5. The van der Waals surface area contributed by atoms with E-state index in [1.54, 1.807) is 38.1 Å². The lowest BCUT2D eigenvalue weighted by Crippen LogP contribution is -2.31. The fourth-order valence-electron chi connectivity index (χ4n) is 2.74. The van der Waals surface area contributed by atoms with Crippen LogP contribution in [0.2, 0.25) is 0 Å². The average Bonchev–Trinajstić information content (AvgIpc) is 2.98. The Balaban J connectivity index is 2.16. The van der Waals surface area contributed by atoms with E-state index in [2.05, 4.69) is 5.16 Å². The lowest BCUT2D eigenvalue weighted by Gasteiger charge is -2.26. The first-order chi connectivity index (χ1) is 12.8. The number of aromatic nitrogens is 1. The summed E-state index contributed by atoms with van der Waals surface area (Å²) in [4.78, 5) is -0.0263. The van der Waals surface area contributed by atoms with Crippen molar-refractivity contribution in [2.45, 2.75) is 25.3 Å². The van der Waals surface area contributed by atoms with Crippen LogP contribution in [0.15, 0.2) is 57.9 Å². The van der Waals surface area contributed by atoms with Crippen LogP contribution in [0.3, 0.4) is 0 Å². The van der Waals surface area contributed by atoms with E-state index < -0.39 is 15.8 Å². The van der Waals surface area contributed by atoms with Gasteiger partial charge in [-0.3, -0.25) is 4.31 Å². The van der Waals surface area contributed by atoms with Crippen LogP contribution in [-0.4, -0.2) is 20.7 Å². The summed E-state index contributed by atoms with van der Waals surface area (Å²) in [6.45, 7) is 3.47. The molecule has 1 heterocycles. The minimum atomic E-state index is -4.00. The van der Waals surface area contributed by atoms with Gasteiger partial charge in [0.25, 0.3) is 10.0 Å². The zero-order valence-electron chi connectivity index (χ0n) is 15.1. The molecular weight excluding hydrogens is 371 g/mol. The number of benzene rings is 2. The molecule has 0 saturated carbocycles. The standard InChI is InChI=1S/C19H19FN2O4S/c1-13-17(14(2)26-21-13)12-22(18-6-4-5-7-19(18)25-3)27(23,24)16-10-8-15(20)9-11-16/h4-11H,12H2,1-3H3. The number of anilines is 1. The van der Waals surface area contributed by atoms with Crippen molar-refractivity contribution in [1.29, 1.82) is 0 Å². The van der Waals surface area contributed by atoms with Crippen molar-refractivity contribution in [3.63, 3.8) is 0 Å². The number of sulfonamides is 1. The van der Waals surface area contributed by atoms with Gasteiger partial charge in [-0.1, -0.05) is 17.3 Å². The Morgan fingerprint density at radius 2 is 1.78 bits per heavy atom. The number of ether oxygens (including phenoxy) is 1. The lowest BCUT2D eigenvalue weighted by atomic mass is 10.2. The van der Waals surface area contributed by atoms with Gasteiger partial charge in [-0.25, -0.2) is 12.8 Å². The van der Waals surface area contributed by atoms with Crippen LogP contribution in [0, 0.1) is 19.7 Å². The Hall–Kier alpha value is -2.87. The summed E-state index contributed by atoms with van der Waals surface area (Å²) in [7, 11) is -2.53. The van der Waals surface area contributed by atoms with E-state index in [0.717, 1.165) is 12.1 Å². The van der Waals surface area contributed by atoms with Crippen LogP contribution >= 0.6 is 0 Å². The zero-order chi connectivity index (χ0) is 19.6. The average molecular weight is 390 g/mol. The molecule has 0 amide bonds. The highest BCUT2D eigenvalue weighted by molar-refractivity contribution is 7.92. The van der Waals surface area contributed by atoms with E-state index >= 15 is 0 Å². The fraction of sp³-hybridized carbons (Fsp3) is 0.211. The third-order valence-electron chi connectivity index (χ3n) is 4.24. The monoisotopic (exact) mass is 390 g/mol. The molecule has 0 radical (unpaired) electrons. The van der Waals surface area contributed by atoms with Crippen LogP contribution in [0.4, 0.5) is 10.1 Å². The Kier molecular flexibility index (Phi) is 5.18. The minimum Gasteiger partial charge on any atom is -0.495 e. The molecule has 0 bridgehead atoms. The van der Waals surface area contributed by atoms with Gasteiger partial charge in [0.15, 0.2) is 0 Å². The van der Waals surface area contributed by atoms with Gasteiger partial charge in [-0.15, -0.1) is 0 Å². The predicted octanol–water partition coefficient (Wildman–Crippen LogP) is 3.83. The molecule has 8 heteroatoms.